The van der Waals surface area contributed by atoms with Gasteiger partial charge in [-0.1, -0.05) is 50.8 Å². The molecule has 1 aromatic carbocycles. The second-order valence-electron chi connectivity index (χ2n) is 7.66. The Morgan fingerprint density at radius 1 is 1.20 bits per heavy atom. The van der Waals surface area contributed by atoms with Crippen molar-refractivity contribution in [1.29, 1.82) is 0 Å². The van der Waals surface area contributed by atoms with Crippen LogP contribution in [-0.4, -0.2) is 30.5 Å². The van der Waals surface area contributed by atoms with Gasteiger partial charge in [0.25, 0.3) is 5.70 Å². The molecule has 0 aliphatic carbocycles. The molecular weight excluding hydrogens is 402 g/mol. The Labute approximate surface area is 180 Å². The molecule has 3 rings (SSSR count). The van der Waals surface area contributed by atoms with Crippen LogP contribution < -0.4 is 5.32 Å². The monoisotopic (exact) mass is 431 g/mol. The number of aryl methyl sites for hydroxylation is 2. The lowest BCUT2D eigenvalue weighted by atomic mass is 9.98. The quantitative estimate of drug-likeness (QED) is 0.231. The summed E-state index contributed by atoms with van der Waals surface area (Å²) in [6, 6.07) is 2.83. The van der Waals surface area contributed by atoms with Crippen molar-refractivity contribution in [2.45, 2.75) is 70.5 Å². The number of thioether (sulfide) groups is 1. The number of unbranched alkanes of at least 4 members (excludes halogenated alkanes) is 5. The van der Waals surface area contributed by atoms with Gasteiger partial charge in [0.2, 0.25) is 11.1 Å². The van der Waals surface area contributed by atoms with E-state index in [2.05, 4.69) is 22.3 Å². The van der Waals surface area contributed by atoms with Crippen molar-refractivity contribution in [2.75, 3.05) is 11.1 Å². The molecule has 0 spiro atoms. The highest BCUT2D eigenvalue weighted by molar-refractivity contribution is 7.99. The highest BCUT2D eigenvalue weighted by atomic mass is 32.2. The van der Waals surface area contributed by atoms with Crippen molar-refractivity contribution in [3.63, 3.8) is 0 Å². The zero-order valence-electron chi connectivity index (χ0n) is 17.7. The average Bonchev–Trinajstić information content (AvgIpc) is 3.13. The predicted octanol–water partition coefficient (Wildman–Crippen LogP) is 5.19. The van der Waals surface area contributed by atoms with Crippen LogP contribution in [0.2, 0.25) is 0 Å². The summed E-state index contributed by atoms with van der Waals surface area (Å²) in [5, 5.41) is 29.9. The molecule has 1 aliphatic rings. The zero-order chi connectivity index (χ0) is 21.7. The van der Waals surface area contributed by atoms with Crippen LogP contribution in [0.15, 0.2) is 29.2 Å². The van der Waals surface area contributed by atoms with Crippen LogP contribution in [0.3, 0.4) is 0 Å². The Bertz CT molecular complexity index is 918. The first-order valence-corrected chi connectivity index (χ1v) is 11.4. The van der Waals surface area contributed by atoms with Crippen LogP contribution in [0.4, 0.5) is 5.95 Å². The summed E-state index contributed by atoms with van der Waals surface area (Å²) < 4.78 is 1.58. The average molecular weight is 432 g/mol. The largest absolute Gasteiger partial charge is 0.507 e. The van der Waals surface area contributed by atoms with E-state index in [0.717, 1.165) is 12.2 Å². The minimum atomic E-state index is -0.704. The number of phenolic OH excluding ortho intramolecular Hbond substituents is 1. The van der Waals surface area contributed by atoms with Gasteiger partial charge in [0.1, 0.15) is 5.75 Å². The smallest absolute Gasteiger partial charge is 0.291 e. The Morgan fingerprint density at radius 3 is 2.53 bits per heavy atom. The van der Waals surface area contributed by atoms with Gasteiger partial charge < -0.3 is 10.4 Å². The number of hydrogen-bond acceptors (Lipinski definition) is 7. The van der Waals surface area contributed by atoms with Crippen LogP contribution in [0.1, 0.15) is 68.2 Å². The van der Waals surface area contributed by atoms with Crippen LogP contribution in [0, 0.1) is 24.0 Å². The first-order chi connectivity index (χ1) is 14.4. The number of nitrogens with zero attached hydrogens (tertiary/aromatic N) is 4. The molecule has 1 unspecified atom stereocenters. The molecule has 0 fully saturated rings. The normalized spacial score (nSPS) is 15.4. The molecule has 1 atom stereocenters. The van der Waals surface area contributed by atoms with Gasteiger partial charge in [0.05, 0.1) is 11.1 Å². The van der Waals surface area contributed by atoms with Gasteiger partial charge >= 0.3 is 0 Å². The Hall–Kier alpha value is -2.55. The van der Waals surface area contributed by atoms with Crippen molar-refractivity contribution in [3.05, 3.63) is 50.8 Å². The van der Waals surface area contributed by atoms with E-state index in [9.17, 15) is 15.2 Å². The number of rotatable bonds is 10. The van der Waals surface area contributed by atoms with Crippen molar-refractivity contribution < 1.29 is 10.0 Å². The first kappa shape index (κ1) is 22.1. The topological polar surface area (TPSA) is 106 Å². The molecule has 2 aromatic rings. The number of benzene rings is 1. The second kappa shape index (κ2) is 9.97. The number of allylic oxidation sites excluding steroid dienone is 1. The fourth-order valence-electron chi connectivity index (χ4n) is 3.64. The van der Waals surface area contributed by atoms with E-state index in [0.29, 0.717) is 27.8 Å². The molecule has 0 bridgehead atoms. The molecule has 1 aromatic heterocycles. The summed E-state index contributed by atoms with van der Waals surface area (Å²) in [6.45, 7) is 5.78. The molecule has 9 heteroatoms. The van der Waals surface area contributed by atoms with Gasteiger partial charge in [-0.3, -0.25) is 10.1 Å². The molecule has 0 saturated heterocycles. The standard InChI is InChI=1S/C21H29N5O3S/c1-4-5-6-7-8-9-10-30-21-23-20-22-13-17(26(28)29)18(25(20)24-21)16-11-14(2)19(27)15(3)12-16/h11-13,18,27H,4-10H2,1-3H3,(H,22,23,24). The lowest BCUT2D eigenvalue weighted by molar-refractivity contribution is -0.431. The lowest BCUT2D eigenvalue weighted by Gasteiger charge is -2.21. The zero-order valence-corrected chi connectivity index (χ0v) is 18.5. The molecule has 162 valence electrons. The van der Waals surface area contributed by atoms with E-state index >= 15 is 0 Å². The molecular formula is C21H29N5O3S. The minimum Gasteiger partial charge on any atom is -0.507 e. The number of anilines is 1. The highest BCUT2D eigenvalue weighted by Gasteiger charge is 2.35. The van der Waals surface area contributed by atoms with E-state index in [-0.39, 0.29) is 11.4 Å². The van der Waals surface area contributed by atoms with Crippen LogP contribution in [-0.2, 0) is 0 Å². The van der Waals surface area contributed by atoms with Crippen molar-refractivity contribution in [1.82, 2.24) is 14.8 Å². The van der Waals surface area contributed by atoms with Crippen LogP contribution >= 0.6 is 11.8 Å². The fourth-order valence-corrected chi connectivity index (χ4v) is 4.47. The third kappa shape index (κ3) is 4.95. The summed E-state index contributed by atoms with van der Waals surface area (Å²) in [4.78, 5) is 15.8. The predicted molar refractivity (Wildman–Crippen MR) is 119 cm³/mol. The number of nitrogens with one attached hydrogen (secondary N) is 1. The second-order valence-corrected chi connectivity index (χ2v) is 8.72. The van der Waals surface area contributed by atoms with Crippen molar-refractivity contribution in [2.24, 2.45) is 0 Å². The number of aromatic nitrogens is 3. The Kier molecular flexibility index (Phi) is 7.36. The van der Waals surface area contributed by atoms with E-state index in [4.69, 9.17) is 0 Å². The summed E-state index contributed by atoms with van der Waals surface area (Å²) in [6.07, 6.45) is 8.75. The van der Waals surface area contributed by atoms with Gasteiger partial charge in [0, 0.05) is 5.75 Å². The number of hydrogen-bond donors (Lipinski definition) is 2. The van der Waals surface area contributed by atoms with Gasteiger partial charge in [-0.15, -0.1) is 5.10 Å². The number of aromatic hydroxyl groups is 1. The maximum Gasteiger partial charge on any atom is 0.291 e. The summed E-state index contributed by atoms with van der Waals surface area (Å²) in [7, 11) is 0. The van der Waals surface area contributed by atoms with Gasteiger partial charge in [-0.2, -0.15) is 4.98 Å². The summed E-state index contributed by atoms with van der Waals surface area (Å²) >= 11 is 1.58. The number of phenols is 1. The van der Waals surface area contributed by atoms with E-state index in [1.165, 1.54) is 38.3 Å². The SMILES string of the molecule is CCCCCCCCSc1nc2n(n1)C(c1cc(C)c(O)c(C)c1)C([N+](=O)[O-])=CN2. The fraction of sp³-hybridized carbons (Fsp3) is 0.524. The molecule has 2 heterocycles. The lowest BCUT2D eigenvalue weighted by Crippen LogP contribution is -2.25. The van der Waals surface area contributed by atoms with E-state index in [1.807, 2.05) is 0 Å². The summed E-state index contributed by atoms with van der Waals surface area (Å²) in [5.41, 5.74) is 2.03. The maximum atomic E-state index is 11.7. The molecule has 0 radical (unpaired) electrons. The van der Waals surface area contributed by atoms with Crippen molar-refractivity contribution in [3.8, 4) is 5.75 Å². The molecule has 30 heavy (non-hydrogen) atoms. The van der Waals surface area contributed by atoms with Crippen LogP contribution in [0.5, 0.6) is 5.75 Å². The number of nitro groups is 1. The molecule has 1 aliphatic heterocycles. The molecule has 0 amide bonds. The van der Waals surface area contributed by atoms with Crippen molar-refractivity contribution >= 4 is 17.7 Å². The Morgan fingerprint density at radius 2 is 1.87 bits per heavy atom. The first-order valence-electron chi connectivity index (χ1n) is 10.4. The minimum absolute atomic E-state index is 0.00985. The van der Waals surface area contributed by atoms with E-state index in [1.54, 1.807) is 42.4 Å². The third-order valence-corrected chi connectivity index (χ3v) is 6.18. The number of fused-ring (bicyclic) bond motifs is 1. The molecule has 8 nitrogen and oxygen atoms in total. The van der Waals surface area contributed by atoms with E-state index < -0.39 is 11.0 Å². The Balaban J connectivity index is 1.78. The molecule has 0 saturated carbocycles. The van der Waals surface area contributed by atoms with Gasteiger partial charge in [0.15, 0.2) is 6.04 Å². The highest BCUT2D eigenvalue weighted by Crippen LogP contribution is 2.36. The summed E-state index contributed by atoms with van der Waals surface area (Å²) in [5.74, 6) is 1.61. The third-order valence-electron chi connectivity index (χ3n) is 5.25. The van der Waals surface area contributed by atoms with Gasteiger partial charge in [-0.05, 0) is 49.1 Å². The maximum absolute atomic E-state index is 11.7. The molecule has 2 N–H and O–H groups in total. The van der Waals surface area contributed by atoms with Gasteiger partial charge in [-0.25, -0.2) is 4.68 Å². The van der Waals surface area contributed by atoms with Crippen LogP contribution in [0.25, 0.3) is 0 Å².